The van der Waals surface area contributed by atoms with Gasteiger partial charge in [-0.3, -0.25) is 4.79 Å². The maximum Gasteiger partial charge on any atom is 0.212 e. The molecular weight excluding hydrogens is 248 g/mol. The molecule has 0 fully saturated rings. The van der Waals surface area contributed by atoms with Crippen molar-refractivity contribution in [3.8, 4) is 0 Å². The van der Waals surface area contributed by atoms with Gasteiger partial charge in [-0.05, 0) is 29.7 Å². The summed E-state index contributed by atoms with van der Waals surface area (Å²) < 4.78 is 0. The van der Waals surface area contributed by atoms with Crippen molar-refractivity contribution in [2.45, 2.75) is 0 Å². The molecule has 0 aliphatic carbocycles. The number of hydrogen-bond donors (Lipinski definition) is 1. The monoisotopic (exact) mass is 256 g/mol. The van der Waals surface area contributed by atoms with Crippen molar-refractivity contribution in [2.75, 3.05) is 5.73 Å². The first-order valence-electron chi connectivity index (χ1n) is 5.43. The highest BCUT2D eigenvalue weighted by Crippen LogP contribution is 2.19. The molecule has 1 heterocycles. The number of halogens is 1. The Bertz CT molecular complexity index is 763. The van der Waals surface area contributed by atoms with Gasteiger partial charge in [-0.15, -0.1) is 0 Å². The van der Waals surface area contributed by atoms with Gasteiger partial charge in [-0.1, -0.05) is 23.7 Å². The molecule has 2 aromatic carbocycles. The summed E-state index contributed by atoms with van der Waals surface area (Å²) in [6.07, 6.45) is 1.49. The predicted octanol–water partition coefficient (Wildman–Crippen LogP) is 2.98. The maximum atomic E-state index is 12.4. The highest BCUT2D eigenvalue weighted by Gasteiger charge is 2.04. The Morgan fingerprint density at radius 3 is 2.67 bits per heavy atom. The van der Waals surface area contributed by atoms with E-state index in [2.05, 4.69) is 4.98 Å². The lowest BCUT2D eigenvalue weighted by atomic mass is 10.2. The molecule has 0 saturated heterocycles. The highest BCUT2D eigenvalue weighted by atomic mass is 35.5. The Balaban J connectivity index is 2.59. The molecule has 0 spiro atoms. The minimum Gasteiger partial charge on any atom is -0.397 e. The van der Waals surface area contributed by atoms with E-state index >= 15 is 0 Å². The van der Waals surface area contributed by atoms with Crippen molar-refractivity contribution in [1.82, 2.24) is 4.98 Å². The summed E-state index contributed by atoms with van der Waals surface area (Å²) in [5.74, 6) is 0. The normalized spacial score (nSPS) is 10.9. The van der Waals surface area contributed by atoms with Crippen molar-refractivity contribution in [2.24, 2.45) is 0 Å². The molecule has 0 radical (unpaired) electrons. The minimum absolute atomic E-state index is 0.110. The molecule has 0 amide bonds. The zero-order valence-corrected chi connectivity index (χ0v) is 10.1. The van der Waals surface area contributed by atoms with Gasteiger partial charge in [-0.2, -0.15) is 0 Å². The summed E-state index contributed by atoms with van der Waals surface area (Å²) >= 11 is 5.93. The quantitative estimate of drug-likeness (QED) is 0.673. The third-order valence-electron chi connectivity index (χ3n) is 2.85. The molecule has 3 nitrogen and oxygen atoms in total. The second kappa shape index (κ2) is 3.96. The Hall–Kier alpha value is -2.13. The number of pyridine rings is 1. The average Bonchev–Trinajstić information content (AvgIpc) is 2.47. The first-order valence-corrected chi connectivity index (χ1v) is 5.81. The lowest BCUT2D eigenvalue weighted by Crippen LogP contribution is -2.01. The first kappa shape index (κ1) is 11.0. The van der Waals surface area contributed by atoms with Crippen LogP contribution in [0.1, 0.15) is 0 Å². The zero-order valence-electron chi connectivity index (χ0n) is 9.35. The van der Waals surface area contributed by atoms with Crippen LogP contribution < -0.4 is 11.2 Å². The van der Waals surface area contributed by atoms with Crippen molar-refractivity contribution in [1.29, 1.82) is 0 Å². The molecule has 0 aliphatic heterocycles. The highest BCUT2D eigenvalue weighted by molar-refractivity contribution is 6.31. The van der Waals surface area contributed by atoms with Crippen LogP contribution in [0.4, 0.5) is 5.69 Å². The summed E-state index contributed by atoms with van der Waals surface area (Å²) in [5, 5.41) is 2.73. The molecule has 88 valence electrons. The van der Waals surface area contributed by atoms with Gasteiger partial charge in [0.25, 0.3) is 0 Å². The molecule has 1 aromatic heterocycles. The molecule has 2 N–H and O–H groups in total. The fourth-order valence-corrected chi connectivity index (χ4v) is 2.18. The van der Waals surface area contributed by atoms with Gasteiger partial charge in [-0.25, -0.2) is 4.98 Å². The van der Waals surface area contributed by atoms with Gasteiger partial charge in [0, 0.05) is 15.8 Å². The van der Waals surface area contributed by atoms with Crippen LogP contribution in [0.15, 0.2) is 47.4 Å². The first-order chi connectivity index (χ1) is 8.65. The van der Waals surface area contributed by atoms with E-state index < -0.39 is 0 Å². The van der Waals surface area contributed by atoms with Crippen LogP contribution in [-0.2, 0) is 0 Å². The lowest BCUT2D eigenvalue weighted by molar-refractivity contribution is 1.41. The second-order valence-electron chi connectivity index (χ2n) is 4.10. The number of fused-ring (bicyclic) bond motifs is 2. The van der Waals surface area contributed by atoms with Gasteiger partial charge < -0.3 is 5.73 Å². The molecule has 0 aliphatic rings. The fourth-order valence-electron chi connectivity index (χ4n) is 2.00. The molecule has 0 bridgehead atoms. The number of aromatic nitrogens is 1. The molecular formula is C14H9ClN2O. The molecule has 4 heteroatoms. The van der Waals surface area contributed by atoms with Gasteiger partial charge in [0.1, 0.15) is 5.52 Å². The lowest BCUT2D eigenvalue weighted by Gasteiger charge is -1.93. The van der Waals surface area contributed by atoms with Crippen LogP contribution in [-0.4, -0.2) is 4.98 Å². The van der Waals surface area contributed by atoms with E-state index in [1.165, 1.54) is 6.20 Å². The molecule has 0 atom stereocenters. The Morgan fingerprint density at radius 1 is 1.06 bits per heavy atom. The van der Waals surface area contributed by atoms with Crippen LogP contribution in [0.2, 0.25) is 5.02 Å². The summed E-state index contributed by atoms with van der Waals surface area (Å²) in [5.41, 5.74) is 6.52. The Morgan fingerprint density at radius 2 is 1.83 bits per heavy atom. The van der Waals surface area contributed by atoms with E-state index in [-0.39, 0.29) is 5.43 Å². The molecule has 0 unspecified atom stereocenters. The van der Waals surface area contributed by atoms with E-state index in [1.807, 2.05) is 12.1 Å². The zero-order chi connectivity index (χ0) is 12.7. The van der Waals surface area contributed by atoms with Gasteiger partial charge >= 0.3 is 0 Å². The minimum atomic E-state index is -0.110. The smallest absolute Gasteiger partial charge is 0.212 e. The van der Waals surface area contributed by atoms with Crippen LogP contribution >= 0.6 is 11.6 Å². The van der Waals surface area contributed by atoms with E-state index in [0.717, 1.165) is 10.8 Å². The number of nitrogen functional groups attached to an aromatic ring is 1. The third-order valence-corrected chi connectivity index (χ3v) is 3.09. The fraction of sp³-hybridized carbons (Fsp3) is 0. The number of nitrogens with two attached hydrogens (primary N) is 1. The Kier molecular flexibility index (Phi) is 2.42. The van der Waals surface area contributed by atoms with Crippen LogP contribution in [0, 0.1) is 0 Å². The maximum absolute atomic E-state index is 12.4. The van der Waals surface area contributed by atoms with Crippen molar-refractivity contribution in [3.63, 3.8) is 0 Å². The van der Waals surface area contributed by atoms with Gasteiger partial charge in [0.15, 0.2) is 0 Å². The summed E-state index contributed by atoms with van der Waals surface area (Å²) in [4.78, 5) is 16.5. The van der Waals surface area contributed by atoms with Crippen molar-refractivity contribution >= 4 is 39.0 Å². The number of benzene rings is 1. The van der Waals surface area contributed by atoms with Crippen LogP contribution in [0.3, 0.4) is 0 Å². The van der Waals surface area contributed by atoms with Crippen molar-refractivity contribution in [3.05, 3.63) is 57.8 Å². The Labute approximate surface area is 108 Å². The van der Waals surface area contributed by atoms with Crippen LogP contribution in [0.5, 0.6) is 0 Å². The molecule has 0 saturated carbocycles. The van der Waals surface area contributed by atoms with Gasteiger partial charge in [0.2, 0.25) is 5.43 Å². The number of nitrogens with zero attached hydrogens (tertiary/aromatic N) is 1. The number of hydrogen-bond acceptors (Lipinski definition) is 3. The third kappa shape index (κ3) is 1.69. The molecule has 3 aromatic rings. The number of anilines is 1. The topological polar surface area (TPSA) is 56.0 Å². The SMILES string of the molecule is Nc1cnc2c(=O)c3ccc(Cl)cc3ccc2c1. The van der Waals surface area contributed by atoms with E-state index in [4.69, 9.17) is 17.3 Å². The van der Waals surface area contributed by atoms with E-state index in [1.54, 1.807) is 24.3 Å². The summed E-state index contributed by atoms with van der Waals surface area (Å²) in [6, 6.07) is 10.6. The largest absolute Gasteiger partial charge is 0.397 e. The number of rotatable bonds is 0. The average molecular weight is 257 g/mol. The van der Waals surface area contributed by atoms with Crippen molar-refractivity contribution < 1.29 is 0 Å². The van der Waals surface area contributed by atoms with E-state index in [9.17, 15) is 4.79 Å². The summed E-state index contributed by atoms with van der Waals surface area (Å²) in [6.45, 7) is 0. The molecule has 3 rings (SSSR count). The predicted molar refractivity (Wildman–Crippen MR) is 74.9 cm³/mol. The summed E-state index contributed by atoms with van der Waals surface area (Å²) in [7, 11) is 0. The molecule has 18 heavy (non-hydrogen) atoms. The van der Waals surface area contributed by atoms with E-state index in [0.29, 0.717) is 21.6 Å². The standard InChI is InChI=1S/C14H9ClN2O/c15-10-3-4-12-8(5-10)1-2-9-6-11(16)7-17-13(9)14(12)18/h1-7H,16H2. The second-order valence-corrected chi connectivity index (χ2v) is 4.54. The van der Waals surface area contributed by atoms with Gasteiger partial charge in [0.05, 0.1) is 11.9 Å². The van der Waals surface area contributed by atoms with Crippen LogP contribution in [0.25, 0.3) is 21.7 Å².